The molecule has 0 saturated heterocycles. The highest BCUT2D eigenvalue weighted by Gasteiger charge is 2.13. The maximum Gasteiger partial charge on any atom is 0.228 e. The van der Waals surface area contributed by atoms with Gasteiger partial charge in [-0.2, -0.15) is 5.10 Å². The third-order valence-electron chi connectivity index (χ3n) is 3.13. The summed E-state index contributed by atoms with van der Waals surface area (Å²) >= 11 is 0. The Morgan fingerprint density at radius 1 is 1.43 bits per heavy atom. The minimum atomic E-state index is -0.0839. The van der Waals surface area contributed by atoms with Crippen LogP contribution < -0.4 is 10.6 Å². The van der Waals surface area contributed by atoms with Crippen LogP contribution in [0.1, 0.15) is 19.7 Å². The van der Waals surface area contributed by atoms with Crippen LogP contribution in [0.5, 0.6) is 0 Å². The van der Waals surface area contributed by atoms with E-state index in [9.17, 15) is 4.79 Å². The number of aromatic amines is 1. The number of benzene rings is 1. The minimum absolute atomic E-state index is 0.000678. The Bertz CT molecular complexity index is 608. The fourth-order valence-corrected chi connectivity index (χ4v) is 1.93. The number of carbonyl (C=O) groups excluding carboxylic acids is 1. The lowest BCUT2D eigenvalue weighted by Gasteiger charge is -2.12. The van der Waals surface area contributed by atoms with Gasteiger partial charge in [-0.05, 0) is 25.6 Å². The van der Waals surface area contributed by atoms with Crippen molar-refractivity contribution < 1.29 is 4.79 Å². The zero-order valence-corrected chi connectivity index (χ0v) is 12.6. The quantitative estimate of drug-likeness (QED) is 0.758. The first-order chi connectivity index (χ1) is 10.1. The zero-order chi connectivity index (χ0) is 15.2. The van der Waals surface area contributed by atoms with Crippen molar-refractivity contribution in [2.24, 2.45) is 5.92 Å². The van der Waals surface area contributed by atoms with E-state index < -0.39 is 0 Å². The molecule has 21 heavy (non-hydrogen) atoms. The molecule has 112 valence electrons. The number of anilines is 1. The molecule has 1 aromatic carbocycles. The molecule has 0 aliphatic rings. The molecule has 1 aromatic heterocycles. The van der Waals surface area contributed by atoms with Gasteiger partial charge in [-0.3, -0.25) is 9.89 Å². The van der Waals surface area contributed by atoms with Crippen LogP contribution >= 0.6 is 0 Å². The number of nitrogens with one attached hydrogen (secondary N) is 3. The number of hydrogen-bond acceptors (Lipinski definition) is 4. The summed E-state index contributed by atoms with van der Waals surface area (Å²) in [5.74, 6) is 1.31. The van der Waals surface area contributed by atoms with Gasteiger partial charge < -0.3 is 10.6 Å². The van der Waals surface area contributed by atoms with Crippen molar-refractivity contribution in [3.05, 3.63) is 30.1 Å². The number of carbonyl (C=O) groups is 1. The number of amides is 1. The standard InChI is InChI=1S/C15H21N5O/c1-4-16-9-10(2)15(21)18-13-7-5-6-12(8-13)14-17-11(3)19-20-14/h5-8,10,16H,4,9H2,1-3H3,(H,18,21)(H,17,19,20). The van der Waals surface area contributed by atoms with E-state index in [0.717, 1.165) is 23.6 Å². The van der Waals surface area contributed by atoms with Crippen LogP contribution in [-0.4, -0.2) is 34.2 Å². The predicted molar refractivity (Wildman–Crippen MR) is 82.9 cm³/mol. The fourth-order valence-electron chi connectivity index (χ4n) is 1.93. The maximum atomic E-state index is 12.1. The van der Waals surface area contributed by atoms with E-state index in [0.29, 0.717) is 12.4 Å². The van der Waals surface area contributed by atoms with Gasteiger partial charge >= 0.3 is 0 Å². The van der Waals surface area contributed by atoms with Crippen LogP contribution in [0.2, 0.25) is 0 Å². The summed E-state index contributed by atoms with van der Waals surface area (Å²) in [5, 5.41) is 13.0. The summed E-state index contributed by atoms with van der Waals surface area (Å²) in [6, 6.07) is 7.54. The first-order valence-electron chi connectivity index (χ1n) is 7.11. The molecule has 1 unspecified atom stereocenters. The summed E-state index contributed by atoms with van der Waals surface area (Å²) in [5.41, 5.74) is 1.62. The third-order valence-corrected chi connectivity index (χ3v) is 3.13. The van der Waals surface area contributed by atoms with Gasteiger partial charge in [-0.1, -0.05) is 26.0 Å². The van der Waals surface area contributed by atoms with Crippen LogP contribution in [-0.2, 0) is 4.79 Å². The van der Waals surface area contributed by atoms with E-state index in [-0.39, 0.29) is 11.8 Å². The SMILES string of the molecule is CCNCC(C)C(=O)Nc1cccc(-c2n[nH]c(C)n2)c1. The number of H-pyrrole nitrogens is 1. The van der Waals surface area contributed by atoms with E-state index in [1.165, 1.54) is 0 Å². The number of hydrogen-bond donors (Lipinski definition) is 3. The molecule has 0 fully saturated rings. The Kier molecular flexibility index (Phi) is 5.05. The van der Waals surface area contributed by atoms with E-state index in [4.69, 9.17) is 0 Å². The molecule has 0 aliphatic carbocycles. The topological polar surface area (TPSA) is 82.7 Å². The fraction of sp³-hybridized carbons (Fsp3) is 0.400. The summed E-state index contributed by atoms with van der Waals surface area (Å²) in [6.45, 7) is 7.30. The number of aromatic nitrogens is 3. The van der Waals surface area contributed by atoms with E-state index in [1.807, 2.05) is 45.0 Å². The molecule has 2 aromatic rings. The Morgan fingerprint density at radius 2 is 2.24 bits per heavy atom. The smallest absolute Gasteiger partial charge is 0.228 e. The Balaban J connectivity index is 2.06. The molecule has 0 spiro atoms. The molecule has 1 heterocycles. The average Bonchev–Trinajstić information content (AvgIpc) is 2.91. The predicted octanol–water partition coefficient (Wildman–Crippen LogP) is 1.96. The van der Waals surface area contributed by atoms with Gasteiger partial charge in [0.05, 0.1) is 0 Å². The van der Waals surface area contributed by atoms with Crippen molar-refractivity contribution in [1.82, 2.24) is 20.5 Å². The maximum absolute atomic E-state index is 12.1. The Morgan fingerprint density at radius 3 is 2.90 bits per heavy atom. The molecule has 0 saturated carbocycles. The first-order valence-corrected chi connectivity index (χ1v) is 7.11. The van der Waals surface area contributed by atoms with Crippen molar-refractivity contribution in [2.75, 3.05) is 18.4 Å². The molecule has 6 nitrogen and oxygen atoms in total. The molecule has 2 rings (SSSR count). The summed E-state index contributed by atoms with van der Waals surface area (Å²) in [7, 11) is 0. The lowest BCUT2D eigenvalue weighted by Crippen LogP contribution is -2.30. The summed E-state index contributed by atoms with van der Waals surface area (Å²) in [6.07, 6.45) is 0. The second kappa shape index (κ2) is 6.99. The average molecular weight is 287 g/mol. The molecule has 0 bridgehead atoms. The van der Waals surface area contributed by atoms with Gasteiger partial charge in [0.1, 0.15) is 5.82 Å². The molecular weight excluding hydrogens is 266 g/mol. The molecular formula is C15H21N5O. The van der Waals surface area contributed by atoms with Crippen LogP contribution in [0.15, 0.2) is 24.3 Å². The van der Waals surface area contributed by atoms with Gasteiger partial charge in [0, 0.05) is 23.7 Å². The largest absolute Gasteiger partial charge is 0.326 e. The zero-order valence-electron chi connectivity index (χ0n) is 12.6. The first kappa shape index (κ1) is 15.2. The summed E-state index contributed by atoms with van der Waals surface area (Å²) in [4.78, 5) is 16.4. The van der Waals surface area contributed by atoms with Crippen molar-refractivity contribution >= 4 is 11.6 Å². The second-order valence-electron chi connectivity index (χ2n) is 5.02. The highest BCUT2D eigenvalue weighted by Crippen LogP contribution is 2.19. The highest BCUT2D eigenvalue weighted by molar-refractivity contribution is 5.93. The van der Waals surface area contributed by atoms with Gasteiger partial charge in [0.15, 0.2) is 5.82 Å². The summed E-state index contributed by atoms with van der Waals surface area (Å²) < 4.78 is 0. The van der Waals surface area contributed by atoms with Crippen molar-refractivity contribution in [2.45, 2.75) is 20.8 Å². The number of aryl methyl sites for hydroxylation is 1. The Hall–Kier alpha value is -2.21. The molecule has 3 N–H and O–H groups in total. The van der Waals surface area contributed by atoms with Crippen LogP contribution in [0, 0.1) is 12.8 Å². The van der Waals surface area contributed by atoms with E-state index >= 15 is 0 Å². The van der Waals surface area contributed by atoms with Crippen molar-refractivity contribution in [1.29, 1.82) is 0 Å². The minimum Gasteiger partial charge on any atom is -0.326 e. The normalized spacial score (nSPS) is 12.1. The lowest BCUT2D eigenvalue weighted by molar-refractivity contribution is -0.119. The molecule has 6 heteroatoms. The number of rotatable bonds is 6. The molecule has 0 radical (unpaired) electrons. The highest BCUT2D eigenvalue weighted by atomic mass is 16.1. The van der Waals surface area contributed by atoms with Crippen LogP contribution in [0.25, 0.3) is 11.4 Å². The van der Waals surface area contributed by atoms with Gasteiger partial charge in [0.2, 0.25) is 5.91 Å². The molecule has 1 amide bonds. The van der Waals surface area contributed by atoms with Crippen LogP contribution in [0.4, 0.5) is 5.69 Å². The molecule has 0 aliphatic heterocycles. The second-order valence-corrected chi connectivity index (χ2v) is 5.02. The molecule has 1 atom stereocenters. The van der Waals surface area contributed by atoms with E-state index in [1.54, 1.807) is 0 Å². The monoisotopic (exact) mass is 287 g/mol. The van der Waals surface area contributed by atoms with Crippen LogP contribution in [0.3, 0.4) is 0 Å². The van der Waals surface area contributed by atoms with Gasteiger partial charge in [0.25, 0.3) is 0 Å². The lowest BCUT2D eigenvalue weighted by atomic mass is 10.1. The van der Waals surface area contributed by atoms with Gasteiger partial charge in [-0.15, -0.1) is 0 Å². The van der Waals surface area contributed by atoms with E-state index in [2.05, 4.69) is 25.8 Å². The number of nitrogens with zero attached hydrogens (tertiary/aromatic N) is 2. The van der Waals surface area contributed by atoms with Gasteiger partial charge in [-0.25, -0.2) is 4.98 Å². The third kappa shape index (κ3) is 4.13. The van der Waals surface area contributed by atoms with Crippen molar-refractivity contribution in [3.8, 4) is 11.4 Å². The Labute approximate surface area is 124 Å². The van der Waals surface area contributed by atoms with Crippen molar-refractivity contribution in [3.63, 3.8) is 0 Å².